The Kier molecular flexibility index (Phi) is 11.9. The number of halogens is 1. The summed E-state index contributed by atoms with van der Waals surface area (Å²) in [5.74, 6) is 1.23. The van der Waals surface area contributed by atoms with Gasteiger partial charge < -0.3 is 39.4 Å². The van der Waals surface area contributed by atoms with Crippen molar-refractivity contribution in [3.8, 4) is 23.0 Å². The number of nitrogens with one attached hydrogen (secondary N) is 3. The number of urea groups is 1. The largest absolute Gasteiger partial charge is 0.493 e. The zero-order valence-electron chi connectivity index (χ0n) is 26.2. The van der Waals surface area contributed by atoms with Gasteiger partial charge >= 0.3 is 12.0 Å². The van der Waals surface area contributed by atoms with Gasteiger partial charge in [0.1, 0.15) is 13.2 Å². The average molecular weight is 698 g/mol. The first kappa shape index (κ1) is 34.1. The molecule has 2 amide bonds. The van der Waals surface area contributed by atoms with E-state index in [0.717, 1.165) is 11.1 Å². The van der Waals surface area contributed by atoms with Crippen LogP contribution in [0, 0.1) is 6.92 Å². The molecule has 2 atom stereocenters. The van der Waals surface area contributed by atoms with Gasteiger partial charge in [-0.1, -0.05) is 35.9 Å². The molecule has 0 saturated heterocycles. The molecule has 0 radical (unpaired) electrons. The maximum absolute atomic E-state index is 12.5. The maximum atomic E-state index is 12.5. The van der Waals surface area contributed by atoms with Gasteiger partial charge in [0.05, 0.1) is 43.1 Å². The molecule has 1 heterocycles. The van der Waals surface area contributed by atoms with Gasteiger partial charge in [0.25, 0.3) is 0 Å². The van der Waals surface area contributed by atoms with Crippen molar-refractivity contribution < 1.29 is 38.4 Å². The third-order valence-electron chi connectivity index (χ3n) is 6.83. The summed E-state index contributed by atoms with van der Waals surface area (Å²) in [6, 6.07) is 15.5. The molecule has 3 aromatic carbocycles. The van der Waals surface area contributed by atoms with Crippen molar-refractivity contribution in [2.24, 2.45) is 5.10 Å². The van der Waals surface area contributed by atoms with E-state index in [9.17, 15) is 14.7 Å². The first-order valence-electron chi connectivity index (χ1n) is 14.4. The zero-order valence-corrected chi connectivity index (χ0v) is 27.8. The normalized spacial score (nSPS) is 15.1. The van der Waals surface area contributed by atoms with E-state index >= 15 is 0 Å². The van der Waals surface area contributed by atoms with Gasteiger partial charge in [-0.2, -0.15) is 5.10 Å². The Hall–Kier alpha value is -4.75. The number of rotatable bonds is 14. The number of nitrogens with zero attached hydrogens (tertiary/aromatic N) is 1. The highest BCUT2D eigenvalue weighted by atomic mass is 79.9. The average Bonchev–Trinajstić information content (AvgIpc) is 3.03. The summed E-state index contributed by atoms with van der Waals surface area (Å²) in [5.41, 5.74) is 6.77. The number of ether oxygens (including phenoxy) is 5. The highest BCUT2D eigenvalue weighted by Gasteiger charge is 2.32. The lowest BCUT2D eigenvalue weighted by atomic mass is 9.95. The minimum atomic E-state index is -1.16. The van der Waals surface area contributed by atoms with E-state index in [1.165, 1.54) is 13.3 Å². The Balaban J connectivity index is 1.39. The number of methoxy groups -OCH3 is 2. The second-order valence-corrected chi connectivity index (χ2v) is 11.1. The lowest BCUT2D eigenvalue weighted by molar-refractivity contribution is -0.136. The van der Waals surface area contributed by atoms with Crippen LogP contribution in [0.1, 0.15) is 42.1 Å². The van der Waals surface area contributed by atoms with Gasteiger partial charge in [-0.25, -0.2) is 9.59 Å². The molecule has 0 saturated carbocycles. The Morgan fingerprint density at radius 1 is 1.07 bits per heavy atom. The number of amides is 2. The van der Waals surface area contributed by atoms with Gasteiger partial charge in [-0.3, -0.25) is 5.43 Å². The van der Waals surface area contributed by atoms with Crippen molar-refractivity contribution in [3.63, 3.8) is 0 Å². The molecule has 46 heavy (non-hydrogen) atoms. The molecule has 4 N–H and O–H groups in total. The van der Waals surface area contributed by atoms with Gasteiger partial charge in [0.15, 0.2) is 29.2 Å². The van der Waals surface area contributed by atoms with E-state index < -0.39 is 24.3 Å². The molecule has 1 aliphatic rings. The minimum Gasteiger partial charge on any atom is -0.493 e. The molecule has 244 valence electrons. The summed E-state index contributed by atoms with van der Waals surface area (Å²) in [7, 11) is 2.83. The van der Waals surface area contributed by atoms with E-state index in [1.54, 1.807) is 38.3 Å². The quantitative estimate of drug-likeness (QED) is 0.0802. The summed E-state index contributed by atoms with van der Waals surface area (Å²) >= 11 is 3.55. The smallest absolute Gasteiger partial charge is 0.337 e. The third kappa shape index (κ3) is 8.70. The lowest BCUT2D eigenvalue weighted by Gasteiger charge is -2.28. The number of carbonyl (C=O) groups is 2. The van der Waals surface area contributed by atoms with Crippen LogP contribution in [0.15, 0.2) is 75.4 Å². The Morgan fingerprint density at radius 3 is 2.59 bits per heavy atom. The second-order valence-electron chi connectivity index (χ2n) is 10.2. The highest BCUT2D eigenvalue weighted by Crippen LogP contribution is 2.37. The molecule has 3 aromatic rings. The molecular formula is C33H37BrN4O8. The van der Waals surface area contributed by atoms with Crippen LogP contribution in [0.4, 0.5) is 4.79 Å². The fourth-order valence-corrected chi connectivity index (χ4v) is 5.31. The number of aryl methyl sites for hydroxylation is 1. The number of benzene rings is 3. The molecule has 4 rings (SSSR count). The van der Waals surface area contributed by atoms with E-state index in [1.807, 2.05) is 38.1 Å². The minimum absolute atomic E-state index is 0.161. The van der Waals surface area contributed by atoms with Crippen molar-refractivity contribution >= 4 is 34.1 Å². The summed E-state index contributed by atoms with van der Waals surface area (Å²) in [6.45, 7) is 6.02. The number of esters is 1. The van der Waals surface area contributed by atoms with E-state index in [0.29, 0.717) is 57.5 Å². The molecule has 13 heteroatoms. The first-order chi connectivity index (χ1) is 22.1. The predicted molar refractivity (Wildman–Crippen MR) is 175 cm³/mol. The fraction of sp³-hybridized carbons (Fsp3) is 0.303. The van der Waals surface area contributed by atoms with Crippen LogP contribution in [-0.4, -0.2) is 57.0 Å². The van der Waals surface area contributed by atoms with Crippen LogP contribution in [0.2, 0.25) is 0 Å². The number of hydrogen-bond acceptors (Lipinski definition) is 10. The molecule has 0 fully saturated rings. The molecule has 0 aliphatic carbocycles. The number of allylic oxidation sites excluding steroid dienone is 1. The SMILES string of the molecule is CCOc1cc([C@H]2NC(=O)NC(C)=C2C(=O)OC)ccc1OC[C@@H](O)N/N=C\c1cc(Br)c(OCc2cccc(C)c2)c(OC)c1. The lowest BCUT2D eigenvalue weighted by Crippen LogP contribution is -2.45. The molecule has 0 unspecified atom stereocenters. The number of carbonyl (C=O) groups excluding carboxylic acids is 2. The molecule has 0 spiro atoms. The zero-order chi connectivity index (χ0) is 33.2. The summed E-state index contributed by atoms with van der Waals surface area (Å²) in [4.78, 5) is 24.6. The Morgan fingerprint density at radius 2 is 1.87 bits per heavy atom. The second kappa shape index (κ2) is 16.0. The maximum Gasteiger partial charge on any atom is 0.337 e. The van der Waals surface area contributed by atoms with Crippen molar-refractivity contribution in [2.45, 2.75) is 39.6 Å². The van der Waals surface area contributed by atoms with Gasteiger partial charge in [-0.05, 0) is 77.7 Å². The van der Waals surface area contributed by atoms with Gasteiger partial charge in [0, 0.05) is 5.70 Å². The third-order valence-corrected chi connectivity index (χ3v) is 7.42. The monoisotopic (exact) mass is 696 g/mol. The summed E-state index contributed by atoms with van der Waals surface area (Å²) in [5, 5.41) is 20.0. The summed E-state index contributed by atoms with van der Waals surface area (Å²) in [6.07, 6.45) is 0.371. The van der Waals surface area contributed by atoms with Gasteiger partial charge in [0.2, 0.25) is 0 Å². The van der Waals surface area contributed by atoms with Crippen LogP contribution in [0.25, 0.3) is 0 Å². The Bertz CT molecular complexity index is 1630. The van der Waals surface area contributed by atoms with E-state index in [-0.39, 0.29) is 12.2 Å². The predicted octanol–water partition coefficient (Wildman–Crippen LogP) is 4.87. The molecule has 12 nitrogen and oxygen atoms in total. The highest BCUT2D eigenvalue weighted by molar-refractivity contribution is 9.10. The number of hydrogen-bond donors (Lipinski definition) is 4. The van der Waals surface area contributed by atoms with Crippen molar-refractivity contribution in [1.29, 1.82) is 0 Å². The molecular weight excluding hydrogens is 660 g/mol. The van der Waals surface area contributed by atoms with Crippen LogP contribution in [-0.2, 0) is 16.1 Å². The van der Waals surface area contributed by atoms with Crippen LogP contribution < -0.4 is 35.0 Å². The van der Waals surface area contributed by atoms with Crippen molar-refractivity contribution in [1.82, 2.24) is 16.1 Å². The molecule has 0 aromatic heterocycles. The Labute approximate surface area is 275 Å². The molecule has 0 bridgehead atoms. The number of hydrazone groups is 1. The number of aliphatic hydroxyl groups is 1. The van der Waals surface area contributed by atoms with Gasteiger partial charge in [-0.15, -0.1) is 0 Å². The van der Waals surface area contributed by atoms with Crippen LogP contribution >= 0.6 is 15.9 Å². The number of aliphatic hydroxyl groups excluding tert-OH is 1. The summed E-state index contributed by atoms with van der Waals surface area (Å²) < 4.78 is 28.8. The van der Waals surface area contributed by atoms with Crippen LogP contribution in [0.3, 0.4) is 0 Å². The topological polar surface area (TPSA) is 149 Å². The van der Waals surface area contributed by atoms with E-state index in [4.69, 9.17) is 23.7 Å². The first-order valence-corrected chi connectivity index (χ1v) is 15.2. The van der Waals surface area contributed by atoms with Crippen molar-refractivity contribution in [3.05, 3.63) is 92.6 Å². The van der Waals surface area contributed by atoms with E-state index in [2.05, 4.69) is 43.2 Å². The standard InChI is InChI=1S/C33H37BrN4O8/c1-6-44-26-15-23(30-29(32(40)43-5)20(3)36-33(41)37-30)10-11-25(26)45-18-28(39)38-35-16-22-13-24(34)31(27(14-22)42-4)46-17-21-9-7-8-19(2)12-21/h7-16,28,30,38-39H,6,17-18H2,1-5H3,(H2,36,37,41)/b35-16-/t28-,30-/m1/s1. The van der Waals surface area contributed by atoms with Crippen LogP contribution in [0.5, 0.6) is 23.0 Å². The fourth-order valence-electron chi connectivity index (χ4n) is 4.73. The molecule has 1 aliphatic heterocycles. The van der Waals surface area contributed by atoms with Crippen molar-refractivity contribution in [2.75, 3.05) is 27.4 Å².